The lowest BCUT2D eigenvalue weighted by atomic mass is 9.89. The van der Waals surface area contributed by atoms with E-state index in [0.717, 1.165) is 44.6 Å². The number of imidazole rings is 1. The number of carbonyl (C=O) groups excluding carboxylic acids is 1. The number of rotatable bonds is 4. The van der Waals surface area contributed by atoms with E-state index in [1.807, 2.05) is 39.9 Å². The molecule has 1 amide bonds. The summed E-state index contributed by atoms with van der Waals surface area (Å²) in [6, 6.07) is 7.96. The molecule has 132 valence electrons. The second-order valence-electron chi connectivity index (χ2n) is 7.11. The first-order valence-electron chi connectivity index (χ1n) is 9.25. The number of hydrogen-bond donors (Lipinski definition) is 0. The highest BCUT2D eigenvalue weighted by atomic mass is 16.5. The Hall–Kier alpha value is -2.14. The standard InChI is InChI=1S/C20H25N3O2/c24-20(23-10-7-17(8-11-23)19-2-1-13-25-19)18-5-3-16(4-6-18)14-22-12-9-21-15-22/h3-6,9,12,15,17,19H,1-2,7-8,10-11,13-14H2. The van der Waals surface area contributed by atoms with Crippen LogP contribution in [0.15, 0.2) is 43.0 Å². The quantitative estimate of drug-likeness (QED) is 0.860. The van der Waals surface area contributed by atoms with Gasteiger partial charge < -0.3 is 14.2 Å². The van der Waals surface area contributed by atoms with Crippen LogP contribution >= 0.6 is 0 Å². The zero-order valence-corrected chi connectivity index (χ0v) is 14.5. The minimum Gasteiger partial charge on any atom is -0.378 e. The van der Waals surface area contributed by atoms with Crippen molar-refractivity contribution in [3.05, 3.63) is 54.1 Å². The maximum Gasteiger partial charge on any atom is 0.253 e. The van der Waals surface area contributed by atoms with Gasteiger partial charge in [0.1, 0.15) is 0 Å². The van der Waals surface area contributed by atoms with E-state index in [4.69, 9.17) is 4.74 Å². The van der Waals surface area contributed by atoms with Crippen LogP contribution in [0.2, 0.25) is 0 Å². The Kier molecular flexibility index (Phi) is 4.83. The van der Waals surface area contributed by atoms with E-state index in [9.17, 15) is 4.79 Å². The molecule has 0 radical (unpaired) electrons. The Morgan fingerprint density at radius 2 is 1.96 bits per heavy atom. The molecular weight excluding hydrogens is 314 g/mol. The first-order valence-corrected chi connectivity index (χ1v) is 9.25. The van der Waals surface area contributed by atoms with E-state index in [1.165, 1.54) is 18.4 Å². The van der Waals surface area contributed by atoms with Crippen molar-refractivity contribution in [2.45, 2.75) is 38.3 Å². The van der Waals surface area contributed by atoms with Gasteiger partial charge >= 0.3 is 0 Å². The average Bonchev–Trinajstić information content (AvgIpc) is 3.36. The molecule has 2 aliphatic rings. The molecule has 2 aromatic rings. The maximum absolute atomic E-state index is 12.7. The van der Waals surface area contributed by atoms with Gasteiger partial charge in [-0.25, -0.2) is 4.98 Å². The van der Waals surface area contributed by atoms with Gasteiger partial charge in [0.2, 0.25) is 0 Å². The summed E-state index contributed by atoms with van der Waals surface area (Å²) in [5, 5.41) is 0. The highest BCUT2D eigenvalue weighted by Crippen LogP contribution is 2.29. The Bertz CT molecular complexity index is 682. The third-order valence-electron chi connectivity index (χ3n) is 5.44. The van der Waals surface area contributed by atoms with Crippen LogP contribution in [0.25, 0.3) is 0 Å². The summed E-state index contributed by atoms with van der Waals surface area (Å²) in [5.41, 5.74) is 1.96. The topological polar surface area (TPSA) is 47.4 Å². The van der Waals surface area contributed by atoms with Gasteiger partial charge in [-0.1, -0.05) is 12.1 Å². The number of aromatic nitrogens is 2. The Labute approximate surface area is 148 Å². The Morgan fingerprint density at radius 1 is 1.16 bits per heavy atom. The van der Waals surface area contributed by atoms with Gasteiger partial charge in [0.05, 0.1) is 12.4 Å². The van der Waals surface area contributed by atoms with Crippen molar-refractivity contribution in [2.75, 3.05) is 19.7 Å². The number of nitrogens with zero attached hydrogens (tertiary/aromatic N) is 3. The molecule has 25 heavy (non-hydrogen) atoms. The van der Waals surface area contributed by atoms with E-state index in [-0.39, 0.29) is 5.91 Å². The molecule has 1 aromatic carbocycles. The molecule has 0 saturated carbocycles. The van der Waals surface area contributed by atoms with Gasteiger partial charge in [0.25, 0.3) is 5.91 Å². The second-order valence-corrected chi connectivity index (χ2v) is 7.11. The maximum atomic E-state index is 12.7. The number of amides is 1. The smallest absolute Gasteiger partial charge is 0.253 e. The van der Waals surface area contributed by atoms with Crippen LogP contribution in [0.5, 0.6) is 0 Å². The largest absolute Gasteiger partial charge is 0.378 e. The van der Waals surface area contributed by atoms with Crippen molar-refractivity contribution in [2.24, 2.45) is 5.92 Å². The van der Waals surface area contributed by atoms with Gasteiger partial charge in [0.15, 0.2) is 0 Å². The molecule has 0 N–H and O–H groups in total. The molecular formula is C20H25N3O2. The molecule has 2 aliphatic heterocycles. The van der Waals surface area contributed by atoms with Crippen LogP contribution in [0.1, 0.15) is 41.6 Å². The number of ether oxygens (including phenoxy) is 1. The van der Waals surface area contributed by atoms with Crippen molar-refractivity contribution < 1.29 is 9.53 Å². The Balaban J connectivity index is 1.33. The third kappa shape index (κ3) is 3.76. The van der Waals surface area contributed by atoms with Gasteiger partial charge in [-0.05, 0) is 49.3 Å². The molecule has 5 nitrogen and oxygen atoms in total. The van der Waals surface area contributed by atoms with Crippen LogP contribution < -0.4 is 0 Å². The molecule has 3 heterocycles. The van der Waals surface area contributed by atoms with Gasteiger partial charge in [0, 0.05) is 44.2 Å². The van der Waals surface area contributed by atoms with Crippen molar-refractivity contribution >= 4 is 5.91 Å². The predicted octanol–water partition coefficient (Wildman–Crippen LogP) is 2.96. The number of benzene rings is 1. The second kappa shape index (κ2) is 7.40. The van der Waals surface area contributed by atoms with Crippen LogP contribution in [0, 0.1) is 5.92 Å². The third-order valence-corrected chi connectivity index (χ3v) is 5.44. The summed E-state index contributed by atoms with van der Waals surface area (Å²) in [5.74, 6) is 0.782. The summed E-state index contributed by atoms with van der Waals surface area (Å²) in [6.07, 6.45) is 10.5. The first-order chi connectivity index (χ1) is 12.3. The lowest BCUT2D eigenvalue weighted by Crippen LogP contribution is -2.41. The summed E-state index contributed by atoms with van der Waals surface area (Å²) in [6.45, 7) is 3.39. The van der Waals surface area contributed by atoms with Gasteiger partial charge in [-0.15, -0.1) is 0 Å². The molecule has 0 aliphatic carbocycles. The van der Waals surface area contributed by atoms with E-state index in [1.54, 1.807) is 12.5 Å². The fourth-order valence-electron chi connectivity index (χ4n) is 3.98. The van der Waals surface area contributed by atoms with E-state index in [2.05, 4.69) is 4.98 Å². The molecule has 0 bridgehead atoms. The van der Waals surface area contributed by atoms with Crippen LogP contribution in [0.3, 0.4) is 0 Å². The summed E-state index contributed by atoms with van der Waals surface area (Å²) in [7, 11) is 0. The molecule has 1 unspecified atom stereocenters. The monoisotopic (exact) mass is 339 g/mol. The molecule has 5 heteroatoms. The highest BCUT2D eigenvalue weighted by Gasteiger charge is 2.31. The fourth-order valence-corrected chi connectivity index (χ4v) is 3.98. The molecule has 2 fully saturated rings. The molecule has 4 rings (SSSR count). The van der Waals surface area contributed by atoms with Crippen molar-refractivity contribution in [3.63, 3.8) is 0 Å². The SMILES string of the molecule is O=C(c1ccc(Cn2ccnc2)cc1)N1CCC(C2CCCO2)CC1. The average molecular weight is 339 g/mol. The normalized spacial score (nSPS) is 21.6. The summed E-state index contributed by atoms with van der Waals surface area (Å²) < 4.78 is 7.84. The summed E-state index contributed by atoms with van der Waals surface area (Å²) in [4.78, 5) is 18.8. The van der Waals surface area contributed by atoms with E-state index < -0.39 is 0 Å². The van der Waals surface area contributed by atoms with Gasteiger partial charge in [-0.3, -0.25) is 4.79 Å². The van der Waals surface area contributed by atoms with Crippen molar-refractivity contribution in [1.29, 1.82) is 0 Å². The molecule has 0 spiro atoms. The van der Waals surface area contributed by atoms with Crippen molar-refractivity contribution in [1.82, 2.24) is 14.5 Å². The van der Waals surface area contributed by atoms with E-state index >= 15 is 0 Å². The van der Waals surface area contributed by atoms with Crippen LogP contribution in [-0.2, 0) is 11.3 Å². The number of piperidine rings is 1. The Morgan fingerprint density at radius 3 is 2.60 bits per heavy atom. The zero-order valence-electron chi connectivity index (χ0n) is 14.5. The predicted molar refractivity (Wildman–Crippen MR) is 95.4 cm³/mol. The fraction of sp³-hybridized carbons (Fsp3) is 0.500. The minimum absolute atomic E-state index is 0.153. The number of likely N-dealkylation sites (tertiary alicyclic amines) is 1. The molecule has 1 aromatic heterocycles. The first kappa shape index (κ1) is 16.3. The number of carbonyl (C=O) groups is 1. The van der Waals surface area contributed by atoms with Crippen molar-refractivity contribution in [3.8, 4) is 0 Å². The molecule has 1 atom stereocenters. The van der Waals surface area contributed by atoms with Crippen LogP contribution in [0.4, 0.5) is 0 Å². The zero-order chi connectivity index (χ0) is 17.1. The van der Waals surface area contributed by atoms with Crippen LogP contribution in [-0.4, -0.2) is 46.2 Å². The van der Waals surface area contributed by atoms with E-state index in [0.29, 0.717) is 12.0 Å². The lowest BCUT2D eigenvalue weighted by molar-refractivity contribution is 0.0291. The number of hydrogen-bond acceptors (Lipinski definition) is 3. The summed E-state index contributed by atoms with van der Waals surface area (Å²) >= 11 is 0. The van der Waals surface area contributed by atoms with Gasteiger partial charge in [-0.2, -0.15) is 0 Å². The minimum atomic E-state index is 0.153. The highest BCUT2D eigenvalue weighted by molar-refractivity contribution is 5.94. The molecule has 2 saturated heterocycles. The lowest BCUT2D eigenvalue weighted by Gasteiger charge is -2.34.